The molecule has 0 aliphatic heterocycles. The van der Waals surface area contributed by atoms with Gasteiger partial charge in [0.05, 0.1) is 50.8 Å². The van der Waals surface area contributed by atoms with Crippen LogP contribution in [0, 0.1) is 11.6 Å². The van der Waals surface area contributed by atoms with Gasteiger partial charge in [-0.25, -0.2) is 33.3 Å². The largest absolute Gasteiger partial charge is 0.478 e. The molecule has 4 aromatic carbocycles. The zero-order valence-electron chi connectivity index (χ0n) is 43.4. The third-order valence-corrected chi connectivity index (χ3v) is 12.3. The number of anilines is 3. The van der Waals surface area contributed by atoms with Gasteiger partial charge in [0.2, 0.25) is 0 Å². The van der Waals surface area contributed by atoms with Gasteiger partial charge in [-0.15, -0.1) is 11.6 Å². The van der Waals surface area contributed by atoms with Gasteiger partial charge >= 0.3 is 24.3 Å². The number of carbonyl (C=O) groups is 4. The zero-order valence-corrected chi connectivity index (χ0v) is 45.7. The molecule has 3 aromatic heterocycles. The van der Waals surface area contributed by atoms with Gasteiger partial charge in [0, 0.05) is 66.9 Å². The minimum Gasteiger partial charge on any atom is -0.478 e. The molecule has 0 radical (unpaired) electrons. The normalized spacial score (nSPS) is 11.4. The van der Waals surface area contributed by atoms with Crippen molar-refractivity contribution < 1.29 is 73.6 Å². The molecule has 7 aromatic rings. The van der Waals surface area contributed by atoms with Crippen molar-refractivity contribution in [3.63, 3.8) is 0 Å². The smallest absolute Gasteiger partial charge is 0.419 e. The molecule has 0 aliphatic rings. The number of ether oxygens (including phenoxy) is 3. The summed E-state index contributed by atoms with van der Waals surface area (Å²) >= 11 is 17.3. The molecule has 25 heteroatoms. The van der Waals surface area contributed by atoms with Crippen LogP contribution in [-0.2, 0) is 35.9 Å². The summed E-state index contributed by atoms with van der Waals surface area (Å²) in [5.74, 6) is -8.87. The number of rotatable bonds is 17. The predicted octanol–water partition coefficient (Wildman–Crippen LogP) is 15.3. The van der Waals surface area contributed by atoms with Crippen LogP contribution < -0.4 is 24.6 Å². The van der Waals surface area contributed by atoms with E-state index in [0.717, 1.165) is 71.1 Å². The van der Waals surface area contributed by atoms with Crippen LogP contribution >= 0.6 is 34.8 Å². The molecule has 0 aliphatic carbocycles. The van der Waals surface area contributed by atoms with Gasteiger partial charge < -0.3 is 34.4 Å². The summed E-state index contributed by atoms with van der Waals surface area (Å²) in [5.41, 5.74) is -2.68. The van der Waals surface area contributed by atoms with E-state index in [1.807, 2.05) is 13.0 Å². The Morgan fingerprint density at radius 3 is 1.53 bits per heavy atom. The van der Waals surface area contributed by atoms with Crippen LogP contribution in [0.5, 0.6) is 23.0 Å². The fourth-order valence-corrected chi connectivity index (χ4v) is 8.14. The number of pyridine rings is 3. The number of aromatic nitrogens is 3. The van der Waals surface area contributed by atoms with Crippen molar-refractivity contribution in [3.8, 4) is 23.0 Å². The number of aromatic carboxylic acids is 1. The minimum absolute atomic E-state index is 0.0112. The van der Waals surface area contributed by atoms with Gasteiger partial charge in [0.25, 0.3) is 11.8 Å². The number of amides is 2. The van der Waals surface area contributed by atoms with Gasteiger partial charge in [-0.3, -0.25) is 9.59 Å². The first-order valence-electron chi connectivity index (χ1n) is 24.1. The number of carboxylic acid groups (broad SMARTS) is 1. The Bertz CT molecular complexity index is 3440. The lowest BCUT2D eigenvalue weighted by atomic mass is 10.1. The Kier molecular flexibility index (Phi) is 20.3. The molecule has 2 N–H and O–H groups in total. The third kappa shape index (κ3) is 15.4. The third-order valence-electron chi connectivity index (χ3n) is 11.6. The van der Waals surface area contributed by atoms with Crippen LogP contribution in [0.2, 0.25) is 10.0 Å². The number of halogens is 11. The molecule has 426 valence electrons. The lowest BCUT2D eigenvalue weighted by Crippen LogP contribution is -2.38. The SMILES string of the molecule is CCc1cccc(NCc2ccc(Oc3cc(C(=O)O)c(N(C(=O)c4ccc(Cl)cn4)C(C)C)cc3F)c(C(F)(F)F)c2)n1.COC(=O)c1cc(Oc2ccc(CCl)cc2C(F)(F)F)c(F)cc1N(C(=O)c1ccc(Cl)cn1)C(C)C. The number of alkyl halides is 7. The number of carbonyl (C=O) groups excluding carboxylic acids is 3. The first kappa shape index (κ1) is 62.1. The highest BCUT2D eigenvalue weighted by atomic mass is 35.5. The number of benzene rings is 4. The average molecular weight is 1190 g/mol. The summed E-state index contributed by atoms with van der Waals surface area (Å²) in [6, 6.07) is 19.1. The molecule has 2 amide bonds. The topological polar surface area (TPSA) is 173 Å². The molecule has 0 bridgehead atoms. The summed E-state index contributed by atoms with van der Waals surface area (Å²) in [6.07, 6.45) is -6.55. The Hall–Kier alpha value is -8.08. The number of nitrogens with one attached hydrogen (secondary N) is 1. The molecule has 0 fully saturated rings. The fraction of sp³-hybridized carbons (Fsp3) is 0.232. The Labute approximate surface area is 473 Å². The summed E-state index contributed by atoms with van der Waals surface area (Å²) in [4.78, 5) is 65.8. The van der Waals surface area contributed by atoms with Crippen LogP contribution in [0.25, 0.3) is 0 Å². The van der Waals surface area contributed by atoms with E-state index in [1.54, 1.807) is 39.8 Å². The molecule has 0 saturated heterocycles. The van der Waals surface area contributed by atoms with Crippen molar-refractivity contribution in [3.05, 3.63) is 188 Å². The zero-order chi connectivity index (χ0) is 59.7. The predicted molar refractivity (Wildman–Crippen MR) is 287 cm³/mol. The number of nitrogens with zero attached hydrogens (tertiary/aromatic N) is 5. The molecule has 3 heterocycles. The van der Waals surface area contributed by atoms with Crippen molar-refractivity contribution >= 4 is 75.7 Å². The van der Waals surface area contributed by atoms with Crippen LogP contribution in [0.1, 0.15) is 104 Å². The highest BCUT2D eigenvalue weighted by Crippen LogP contribution is 2.43. The second-order valence-electron chi connectivity index (χ2n) is 17.9. The van der Waals surface area contributed by atoms with E-state index in [1.165, 1.54) is 48.8 Å². The van der Waals surface area contributed by atoms with E-state index in [-0.39, 0.29) is 61.9 Å². The molecule has 0 spiro atoms. The number of hydrogen-bond donors (Lipinski definition) is 2. The fourth-order valence-electron chi connectivity index (χ4n) is 7.75. The van der Waals surface area contributed by atoms with Gasteiger partial charge in [-0.05, 0) is 106 Å². The van der Waals surface area contributed by atoms with Crippen molar-refractivity contribution in [2.75, 3.05) is 22.2 Å². The van der Waals surface area contributed by atoms with E-state index in [9.17, 15) is 50.6 Å². The Morgan fingerprint density at radius 1 is 0.642 bits per heavy atom. The quantitative estimate of drug-likeness (QED) is 0.0503. The Morgan fingerprint density at radius 2 is 1.11 bits per heavy atom. The maximum atomic E-state index is 15.4. The Balaban J connectivity index is 0.000000265. The lowest BCUT2D eigenvalue weighted by Gasteiger charge is -2.28. The van der Waals surface area contributed by atoms with Crippen molar-refractivity contribution in [1.29, 1.82) is 0 Å². The molecule has 0 atom stereocenters. The summed E-state index contributed by atoms with van der Waals surface area (Å²) < 4.78 is 129. The van der Waals surface area contributed by atoms with Gasteiger partial charge in [0.15, 0.2) is 23.1 Å². The number of carboxylic acids is 1. The maximum Gasteiger partial charge on any atom is 0.419 e. The van der Waals surface area contributed by atoms with Crippen molar-refractivity contribution in [2.24, 2.45) is 0 Å². The van der Waals surface area contributed by atoms with Gasteiger partial charge in [0.1, 0.15) is 28.7 Å². The summed E-state index contributed by atoms with van der Waals surface area (Å²) in [6.45, 7) is 8.32. The maximum absolute atomic E-state index is 15.4. The number of esters is 1. The van der Waals surface area contributed by atoms with Crippen LogP contribution in [0.4, 0.5) is 52.3 Å². The molecule has 0 saturated carbocycles. The molecule has 14 nitrogen and oxygen atoms in total. The van der Waals surface area contributed by atoms with E-state index in [2.05, 4.69) is 20.3 Å². The highest BCUT2D eigenvalue weighted by molar-refractivity contribution is 6.30. The van der Waals surface area contributed by atoms with Crippen molar-refractivity contribution in [1.82, 2.24) is 15.0 Å². The van der Waals surface area contributed by atoms with E-state index >= 15 is 8.78 Å². The molecular weight excluding hydrogens is 1140 g/mol. The van der Waals surface area contributed by atoms with Crippen molar-refractivity contribution in [2.45, 2.75) is 77.9 Å². The van der Waals surface area contributed by atoms with E-state index < -0.39 is 99.5 Å². The number of aryl methyl sites for hydroxylation is 1. The second kappa shape index (κ2) is 26.5. The van der Waals surface area contributed by atoms with E-state index in [0.29, 0.717) is 12.2 Å². The van der Waals surface area contributed by atoms with Gasteiger partial charge in [-0.2, -0.15) is 26.3 Å². The monoisotopic (exact) mass is 1190 g/mol. The van der Waals surface area contributed by atoms with Crippen LogP contribution in [0.3, 0.4) is 0 Å². The highest BCUT2D eigenvalue weighted by Gasteiger charge is 2.38. The number of hydrogen-bond acceptors (Lipinski definition) is 11. The standard InChI is InChI=1S/C31H27ClF4N4O4.C25H20Cl2F4N2O4/c1-4-20-6-5-7-28(39-20)38-15-18-8-11-26(22(12-18)31(34,35)36)44-27-13-21(30(42)43)25(14-23(27)33)40(17(2)3)29(41)24-10-9-19(32)16-37-24;1-13(2)33(23(34)19-6-5-15(27)12-32-19)20-10-18(28)22(9-16(20)24(35)36-3)37-21-7-4-14(11-26)8-17(21)25(29,30)31/h5-14,16-17H,4,15H2,1-3H3,(H,38,39)(H,42,43);4-10,12-13H,11H2,1-3H3. The summed E-state index contributed by atoms with van der Waals surface area (Å²) in [7, 11) is 1.06. The van der Waals surface area contributed by atoms with Gasteiger partial charge in [-0.1, -0.05) is 48.3 Å². The van der Waals surface area contributed by atoms with Crippen LogP contribution in [0.15, 0.2) is 116 Å². The molecule has 0 unspecified atom stereocenters. The molecule has 7 rings (SSSR count). The van der Waals surface area contributed by atoms with E-state index in [4.69, 9.17) is 49.0 Å². The first-order chi connectivity index (χ1) is 38.1. The average Bonchev–Trinajstić information content (AvgIpc) is 3.41. The summed E-state index contributed by atoms with van der Waals surface area (Å²) in [5, 5.41) is 13.5. The first-order valence-corrected chi connectivity index (χ1v) is 25.3. The van der Waals surface area contributed by atoms with Crippen LogP contribution in [-0.4, -0.2) is 63.0 Å². The second-order valence-corrected chi connectivity index (χ2v) is 19.0. The number of methoxy groups -OCH3 is 1. The molecule has 81 heavy (non-hydrogen) atoms. The molecular formula is C56H47Cl3F8N6O8. The lowest BCUT2D eigenvalue weighted by molar-refractivity contribution is -0.139. The minimum atomic E-state index is -4.88.